The maximum atomic E-state index is 5.90. The summed E-state index contributed by atoms with van der Waals surface area (Å²) in [6.45, 7) is 6.16. The van der Waals surface area contributed by atoms with Crippen LogP contribution in [-0.4, -0.2) is 43.0 Å². The molecular formula is C14H19ClN2. The minimum Gasteiger partial charge on any atom is -0.306 e. The van der Waals surface area contributed by atoms with Gasteiger partial charge in [0, 0.05) is 37.7 Å². The fourth-order valence-electron chi connectivity index (χ4n) is 3.30. The molecule has 2 heterocycles. The van der Waals surface area contributed by atoms with Gasteiger partial charge in [-0.15, -0.1) is 0 Å². The third-order valence-electron chi connectivity index (χ3n) is 4.06. The van der Waals surface area contributed by atoms with E-state index in [1.807, 2.05) is 12.1 Å². The van der Waals surface area contributed by atoms with Crippen molar-refractivity contribution in [2.75, 3.05) is 33.2 Å². The molecule has 0 aromatic heterocycles. The molecule has 3 rings (SSSR count). The summed E-state index contributed by atoms with van der Waals surface area (Å²) in [6, 6.07) is 8.26. The molecule has 2 fully saturated rings. The van der Waals surface area contributed by atoms with Crippen molar-refractivity contribution in [1.82, 2.24) is 9.80 Å². The Hall–Kier alpha value is -0.570. The monoisotopic (exact) mass is 250 g/mol. The van der Waals surface area contributed by atoms with E-state index in [4.69, 9.17) is 11.6 Å². The van der Waals surface area contributed by atoms with Crippen molar-refractivity contribution < 1.29 is 0 Å². The van der Waals surface area contributed by atoms with Gasteiger partial charge >= 0.3 is 0 Å². The Bertz CT molecular complexity index is 376. The van der Waals surface area contributed by atoms with Crippen molar-refractivity contribution >= 4 is 11.6 Å². The van der Waals surface area contributed by atoms with E-state index in [9.17, 15) is 0 Å². The van der Waals surface area contributed by atoms with Crippen LogP contribution in [0.15, 0.2) is 24.3 Å². The zero-order chi connectivity index (χ0) is 11.8. The third-order valence-corrected chi connectivity index (χ3v) is 4.32. The summed E-state index contributed by atoms with van der Waals surface area (Å²) in [5.41, 5.74) is 1.38. The minimum absolute atomic E-state index is 0.827. The molecule has 0 spiro atoms. The summed E-state index contributed by atoms with van der Waals surface area (Å²) in [6.07, 6.45) is 0. The lowest BCUT2D eigenvalue weighted by atomic mass is 10.0. The minimum atomic E-state index is 0.827. The predicted molar refractivity (Wildman–Crippen MR) is 71.2 cm³/mol. The van der Waals surface area contributed by atoms with E-state index >= 15 is 0 Å². The second-order valence-corrected chi connectivity index (χ2v) is 6.00. The molecule has 0 saturated carbocycles. The molecule has 17 heavy (non-hydrogen) atoms. The topological polar surface area (TPSA) is 6.48 Å². The maximum absolute atomic E-state index is 5.90. The van der Waals surface area contributed by atoms with Crippen LogP contribution in [0.2, 0.25) is 5.02 Å². The van der Waals surface area contributed by atoms with Gasteiger partial charge in [0.25, 0.3) is 0 Å². The number of hydrogen-bond acceptors (Lipinski definition) is 2. The molecule has 92 valence electrons. The largest absolute Gasteiger partial charge is 0.306 e. The van der Waals surface area contributed by atoms with Crippen LogP contribution in [0.25, 0.3) is 0 Å². The van der Waals surface area contributed by atoms with Gasteiger partial charge in [-0.1, -0.05) is 23.7 Å². The van der Waals surface area contributed by atoms with Crippen LogP contribution < -0.4 is 0 Å². The van der Waals surface area contributed by atoms with Crippen molar-refractivity contribution in [3.8, 4) is 0 Å². The molecule has 0 radical (unpaired) electrons. The van der Waals surface area contributed by atoms with Gasteiger partial charge in [0.15, 0.2) is 0 Å². The van der Waals surface area contributed by atoms with Crippen molar-refractivity contribution in [2.24, 2.45) is 11.8 Å². The normalized spacial score (nSPS) is 29.8. The highest BCUT2D eigenvalue weighted by Crippen LogP contribution is 2.30. The van der Waals surface area contributed by atoms with E-state index in [-0.39, 0.29) is 0 Å². The Kier molecular flexibility index (Phi) is 3.12. The van der Waals surface area contributed by atoms with Crippen molar-refractivity contribution in [3.05, 3.63) is 34.9 Å². The van der Waals surface area contributed by atoms with Gasteiger partial charge < -0.3 is 4.90 Å². The average Bonchev–Trinajstić information content (AvgIpc) is 2.78. The first-order valence-electron chi connectivity index (χ1n) is 6.36. The molecule has 0 bridgehead atoms. The molecule has 1 aromatic rings. The van der Waals surface area contributed by atoms with Gasteiger partial charge in [0.05, 0.1) is 0 Å². The van der Waals surface area contributed by atoms with E-state index < -0.39 is 0 Å². The number of nitrogens with zero attached hydrogens (tertiary/aromatic N) is 2. The summed E-state index contributed by atoms with van der Waals surface area (Å²) in [4.78, 5) is 5.06. The Morgan fingerprint density at radius 1 is 1.06 bits per heavy atom. The van der Waals surface area contributed by atoms with Crippen LogP contribution in [0, 0.1) is 11.8 Å². The fraction of sp³-hybridized carbons (Fsp3) is 0.571. The first-order chi connectivity index (χ1) is 8.20. The zero-order valence-corrected chi connectivity index (χ0v) is 11.0. The average molecular weight is 251 g/mol. The smallest absolute Gasteiger partial charge is 0.0406 e. The quantitative estimate of drug-likeness (QED) is 0.795. The molecule has 3 heteroatoms. The molecule has 2 aliphatic rings. The molecule has 0 aliphatic carbocycles. The second kappa shape index (κ2) is 4.60. The van der Waals surface area contributed by atoms with Crippen molar-refractivity contribution in [2.45, 2.75) is 6.54 Å². The second-order valence-electron chi connectivity index (χ2n) is 5.56. The van der Waals surface area contributed by atoms with Crippen LogP contribution >= 0.6 is 11.6 Å². The highest BCUT2D eigenvalue weighted by Gasteiger charge is 2.38. The lowest BCUT2D eigenvalue weighted by Gasteiger charge is -2.18. The first-order valence-corrected chi connectivity index (χ1v) is 6.74. The van der Waals surface area contributed by atoms with Crippen molar-refractivity contribution in [3.63, 3.8) is 0 Å². The van der Waals surface area contributed by atoms with Gasteiger partial charge in [-0.2, -0.15) is 0 Å². The van der Waals surface area contributed by atoms with Crippen LogP contribution in [0.4, 0.5) is 0 Å². The third kappa shape index (κ3) is 2.49. The molecule has 2 saturated heterocycles. The zero-order valence-electron chi connectivity index (χ0n) is 10.3. The Labute approximate surface area is 108 Å². The number of likely N-dealkylation sites (tertiary alicyclic amines) is 2. The molecule has 1 aromatic carbocycles. The summed E-state index contributed by atoms with van der Waals surface area (Å²) < 4.78 is 0. The molecule has 0 amide bonds. The number of benzene rings is 1. The van der Waals surface area contributed by atoms with Gasteiger partial charge in [-0.25, -0.2) is 0 Å². The Morgan fingerprint density at radius 3 is 2.24 bits per heavy atom. The molecule has 2 nitrogen and oxygen atoms in total. The fourth-order valence-corrected chi connectivity index (χ4v) is 3.43. The van der Waals surface area contributed by atoms with E-state index in [0.717, 1.165) is 23.4 Å². The SMILES string of the molecule is CN1C[C@H]2CN(Cc3ccc(Cl)cc3)C[C@@H]2C1. The lowest BCUT2D eigenvalue weighted by Crippen LogP contribution is -2.26. The standard InChI is InChI=1S/C14H19ClN2/c1-16-7-12-9-17(10-13(12)8-16)6-11-2-4-14(15)5-3-11/h2-5,12-13H,6-10H2,1H3/t12-,13-/m0/s1. The summed E-state index contributed by atoms with van der Waals surface area (Å²) in [5.74, 6) is 1.79. The number of rotatable bonds is 2. The molecule has 2 atom stereocenters. The highest BCUT2D eigenvalue weighted by molar-refractivity contribution is 6.30. The number of halogens is 1. The van der Waals surface area contributed by atoms with Crippen LogP contribution in [0.3, 0.4) is 0 Å². The van der Waals surface area contributed by atoms with Crippen LogP contribution in [0.5, 0.6) is 0 Å². The van der Waals surface area contributed by atoms with E-state index in [0.29, 0.717) is 0 Å². The van der Waals surface area contributed by atoms with E-state index in [1.165, 1.54) is 31.7 Å². The summed E-state index contributed by atoms with van der Waals surface area (Å²) in [7, 11) is 2.24. The Balaban J connectivity index is 1.60. The number of hydrogen-bond donors (Lipinski definition) is 0. The van der Waals surface area contributed by atoms with Crippen molar-refractivity contribution in [1.29, 1.82) is 0 Å². The predicted octanol–water partition coefficient (Wildman–Crippen LogP) is 2.33. The highest BCUT2D eigenvalue weighted by atomic mass is 35.5. The van der Waals surface area contributed by atoms with Gasteiger partial charge in [-0.3, -0.25) is 4.90 Å². The summed E-state index contributed by atoms with van der Waals surface area (Å²) in [5, 5.41) is 0.827. The van der Waals surface area contributed by atoms with Gasteiger partial charge in [-0.05, 0) is 36.6 Å². The lowest BCUT2D eigenvalue weighted by molar-refractivity contribution is 0.272. The molecular weight excluding hydrogens is 232 g/mol. The first kappa shape index (κ1) is 11.5. The molecule has 0 unspecified atom stereocenters. The molecule has 0 N–H and O–H groups in total. The number of fused-ring (bicyclic) bond motifs is 1. The molecule has 2 aliphatic heterocycles. The van der Waals surface area contributed by atoms with Crippen LogP contribution in [0.1, 0.15) is 5.56 Å². The summed E-state index contributed by atoms with van der Waals surface area (Å²) >= 11 is 5.90. The Morgan fingerprint density at radius 2 is 1.65 bits per heavy atom. The van der Waals surface area contributed by atoms with Gasteiger partial charge in [0.2, 0.25) is 0 Å². The maximum Gasteiger partial charge on any atom is 0.0406 e. The van der Waals surface area contributed by atoms with Gasteiger partial charge in [0.1, 0.15) is 0 Å². The van der Waals surface area contributed by atoms with E-state index in [2.05, 4.69) is 29.0 Å². The van der Waals surface area contributed by atoms with E-state index in [1.54, 1.807) is 0 Å². The van der Waals surface area contributed by atoms with Crippen LogP contribution in [-0.2, 0) is 6.54 Å².